The summed E-state index contributed by atoms with van der Waals surface area (Å²) >= 11 is 0. The lowest BCUT2D eigenvalue weighted by Crippen LogP contribution is -2.12. The van der Waals surface area contributed by atoms with E-state index in [0.717, 1.165) is 0 Å². The number of benzene rings is 1. The van der Waals surface area contributed by atoms with Crippen LogP contribution in [0.4, 0.5) is 4.39 Å². The van der Waals surface area contributed by atoms with Gasteiger partial charge in [-0.15, -0.1) is 0 Å². The molecule has 0 bridgehead atoms. The molecule has 1 aromatic rings. The molecule has 1 rings (SSSR count). The van der Waals surface area contributed by atoms with Crippen LogP contribution in [-0.4, -0.2) is 5.11 Å². The van der Waals surface area contributed by atoms with Gasteiger partial charge in [0.05, 0.1) is 0 Å². The van der Waals surface area contributed by atoms with E-state index in [-0.39, 0.29) is 5.75 Å². The van der Waals surface area contributed by atoms with Gasteiger partial charge in [-0.3, -0.25) is 0 Å². The summed E-state index contributed by atoms with van der Waals surface area (Å²) in [6.07, 6.45) is 0.442. The molecule has 0 radical (unpaired) electrons. The SMILES string of the molecule is CCC(C)(F)c1ccc(O)cc1. The summed E-state index contributed by atoms with van der Waals surface area (Å²) in [5.74, 6) is 0.172. The van der Waals surface area contributed by atoms with E-state index in [2.05, 4.69) is 0 Å². The molecule has 2 heteroatoms. The molecule has 1 nitrogen and oxygen atoms in total. The second kappa shape index (κ2) is 3.13. The largest absolute Gasteiger partial charge is 0.508 e. The minimum absolute atomic E-state index is 0.172. The monoisotopic (exact) mass is 168 g/mol. The van der Waals surface area contributed by atoms with E-state index in [4.69, 9.17) is 5.11 Å². The third-order valence-corrected chi connectivity index (χ3v) is 2.13. The molecule has 0 spiro atoms. The minimum atomic E-state index is -1.28. The molecule has 0 aliphatic rings. The highest BCUT2D eigenvalue weighted by Gasteiger charge is 2.22. The number of alkyl halides is 1. The maximum absolute atomic E-state index is 13.6. The Bertz CT molecular complexity index is 251. The number of phenols is 1. The van der Waals surface area contributed by atoms with E-state index in [1.807, 2.05) is 0 Å². The molecule has 0 aliphatic heterocycles. The lowest BCUT2D eigenvalue weighted by Gasteiger charge is -2.18. The van der Waals surface area contributed by atoms with E-state index < -0.39 is 5.67 Å². The van der Waals surface area contributed by atoms with Crippen molar-refractivity contribution in [2.75, 3.05) is 0 Å². The Labute approximate surface area is 71.9 Å². The zero-order chi connectivity index (χ0) is 9.19. The van der Waals surface area contributed by atoms with E-state index >= 15 is 0 Å². The number of hydrogen-bond acceptors (Lipinski definition) is 1. The summed E-state index contributed by atoms with van der Waals surface area (Å²) in [6, 6.07) is 6.23. The van der Waals surface area contributed by atoms with Crippen molar-refractivity contribution in [2.24, 2.45) is 0 Å². The Balaban J connectivity index is 2.96. The fraction of sp³-hybridized carbons (Fsp3) is 0.400. The van der Waals surface area contributed by atoms with Gasteiger partial charge in [0, 0.05) is 0 Å². The van der Waals surface area contributed by atoms with Gasteiger partial charge in [0.1, 0.15) is 11.4 Å². The Morgan fingerprint density at radius 2 is 1.83 bits per heavy atom. The van der Waals surface area contributed by atoms with Gasteiger partial charge >= 0.3 is 0 Å². The van der Waals surface area contributed by atoms with E-state index in [0.29, 0.717) is 12.0 Å². The number of halogens is 1. The first-order valence-electron chi connectivity index (χ1n) is 4.04. The van der Waals surface area contributed by atoms with Crippen molar-refractivity contribution in [2.45, 2.75) is 25.9 Å². The van der Waals surface area contributed by atoms with Gasteiger partial charge in [-0.1, -0.05) is 19.1 Å². The first-order valence-corrected chi connectivity index (χ1v) is 4.04. The molecule has 1 unspecified atom stereocenters. The molecule has 0 heterocycles. The number of aromatic hydroxyl groups is 1. The van der Waals surface area contributed by atoms with E-state index in [1.165, 1.54) is 12.1 Å². The standard InChI is InChI=1S/C10H13FO/c1-3-10(2,11)8-4-6-9(12)7-5-8/h4-7,12H,3H2,1-2H3. The van der Waals surface area contributed by atoms with Crippen LogP contribution in [0.15, 0.2) is 24.3 Å². The molecule has 1 atom stereocenters. The van der Waals surface area contributed by atoms with Crippen LogP contribution in [0.25, 0.3) is 0 Å². The van der Waals surface area contributed by atoms with Gasteiger partial charge in [-0.25, -0.2) is 4.39 Å². The van der Waals surface area contributed by atoms with Gasteiger partial charge in [-0.05, 0) is 31.0 Å². The molecular formula is C10H13FO. The Hall–Kier alpha value is -1.05. The fourth-order valence-corrected chi connectivity index (χ4v) is 1.01. The second-order valence-electron chi connectivity index (χ2n) is 3.10. The lowest BCUT2D eigenvalue weighted by molar-refractivity contribution is 0.185. The van der Waals surface area contributed by atoms with Crippen LogP contribution in [-0.2, 0) is 5.67 Å². The van der Waals surface area contributed by atoms with Crippen molar-refractivity contribution in [1.29, 1.82) is 0 Å². The van der Waals surface area contributed by atoms with Crippen LogP contribution < -0.4 is 0 Å². The number of hydrogen-bond donors (Lipinski definition) is 1. The van der Waals surface area contributed by atoms with Gasteiger partial charge in [0.15, 0.2) is 0 Å². The van der Waals surface area contributed by atoms with Crippen molar-refractivity contribution < 1.29 is 9.50 Å². The summed E-state index contributed by atoms with van der Waals surface area (Å²) in [6.45, 7) is 3.34. The molecule has 0 amide bonds. The highest BCUT2D eigenvalue weighted by molar-refractivity contribution is 5.29. The van der Waals surface area contributed by atoms with Crippen molar-refractivity contribution in [3.8, 4) is 5.75 Å². The van der Waals surface area contributed by atoms with E-state index in [1.54, 1.807) is 26.0 Å². The Morgan fingerprint density at radius 3 is 2.25 bits per heavy atom. The first kappa shape index (κ1) is 9.04. The summed E-state index contributed by atoms with van der Waals surface area (Å²) in [5.41, 5.74) is -0.670. The molecule has 1 N–H and O–H groups in total. The molecule has 12 heavy (non-hydrogen) atoms. The fourth-order valence-electron chi connectivity index (χ4n) is 1.01. The molecule has 66 valence electrons. The smallest absolute Gasteiger partial charge is 0.133 e. The molecule has 0 saturated carbocycles. The van der Waals surface area contributed by atoms with Crippen LogP contribution in [0.1, 0.15) is 25.8 Å². The van der Waals surface area contributed by atoms with Crippen LogP contribution in [0.5, 0.6) is 5.75 Å². The summed E-state index contributed by atoms with van der Waals surface area (Å²) in [5, 5.41) is 8.97. The van der Waals surface area contributed by atoms with Crippen LogP contribution >= 0.6 is 0 Å². The summed E-state index contributed by atoms with van der Waals surface area (Å²) in [4.78, 5) is 0. The molecule has 0 fully saturated rings. The minimum Gasteiger partial charge on any atom is -0.508 e. The lowest BCUT2D eigenvalue weighted by atomic mass is 9.95. The normalized spacial score (nSPS) is 15.6. The van der Waals surface area contributed by atoms with Gasteiger partial charge in [0.25, 0.3) is 0 Å². The Morgan fingerprint density at radius 1 is 1.33 bits per heavy atom. The third-order valence-electron chi connectivity index (χ3n) is 2.13. The number of phenolic OH excluding ortho intramolecular Hbond substituents is 1. The number of rotatable bonds is 2. The maximum Gasteiger partial charge on any atom is 0.133 e. The van der Waals surface area contributed by atoms with Crippen LogP contribution in [0.2, 0.25) is 0 Å². The van der Waals surface area contributed by atoms with Crippen molar-refractivity contribution in [3.05, 3.63) is 29.8 Å². The van der Waals surface area contributed by atoms with Crippen molar-refractivity contribution >= 4 is 0 Å². The predicted molar refractivity (Wildman–Crippen MR) is 46.9 cm³/mol. The van der Waals surface area contributed by atoms with Crippen LogP contribution in [0.3, 0.4) is 0 Å². The molecule has 0 aromatic heterocycles. The molecule has 0 saturated heterocycles. The quantitative estimate of drug-likeness (QED) is 0.719. The molecular weight excluding hydrogens is 155 g/mol. The summed E-state index contributed by atoms with van der Waals surface area (Å²) in [7, 11) is 0. The van der Waals surface area contributed by atoms with Crippen molar-refractivity contribution in [3.63, 3.8) is 0 Å². The maximum atomic E-state index is 13.6. The highest BCUT2D eigenvalue weighted by atomic mass is 19.1. The Kier molecular flexibility index (Phi) is 2.36. The van der Waals surface area contributed by atoms with E-state index in [9.17, 15) is 4.39 Å². The van der Waals surface area contributed by atoms with Gasteiger partial charge < -0.3 is 5.11 Å². The van der Waals surface area contributed by atoms with Gasteiger partial charge in [-0.2, -0.15) is 0 Å². The predicted octanol–water partition coefficient (Wildman–Crippen LogP) is 2.99. The first-order chi connectivity index (χ1) is 5.56. The van der Waals surface area contributed by atoms with Crippen LogP contribution in [0, 0.1) is 0 Å². The molecule has 0 aliphatic carbocycles. The topological polar surface area (TPSA) is 20.2 Å². The third kappa shape index (κ3) is 1.76. The van der Waals surface area contributed by atoms with Gasteiger partial charge in [0.2, 0.25) is 0 Å². The zero-order valence-corrected chi connectivity index (χ0v) is 7.34. The average molecular weight is 168 g/mol. The second-order valence-corrected chi connectivity index (χ2v) is 3.10. The van der Waals surface area contributed by atoms with Crippen molar-refractivity contribution in [1.82, 2.24) is 0 Å². The average Bonchev–Trinajstić information content (AvgIpc) is 2.05. The molecule has 1 aromatic carbocycles. The highest BCUT2D eigenvalue weighted by Crippen LogP contribution is 2.29. The zero-order valence-electron chi connectivity index (χ0n) is 7.34. The summed E-state index contributed by atoms with van der Waals surface area (Å²) < 4.78 is 13.6.